The van der Waals surface area contributed by atoms with Gasteiger partial charge in [0.25, 0.3) is 5.97 Å². The molecule has 0 saturated carbocycles. The molecule has 2 aromatic heterocycles. The van der Waals surface area contributed by atoms with Gasteiger partial charge in [-0.3, -0.25) is 23.1 Å². The third-order valence-electron chi connectivity index (χ3n) is 4.35. The zero-order valence-electron chi connectivity index (χ0n) is 22.5. The Morgan fingerprint density at radius 2 is 1.66 bits per heavy atom. The lowest BCUT2D eigenvalue weighted by molar-refractivity contribution is -0.134. The number of carboxylic acid groups (broad SMARTS) is 1. The fraction of sp³-hybridized carbons (Fsp3) is 0.550. The number of carbonyl (C=O) groups is 1. The van der Waals surface area contributed by atoms with Gasteiger partial charge in [-0.1, -0.05) is 0 Å². The largest absolute Gasteiger partial charge is 0.481 e. The van der Waals surface area contributed by atoms with E-state index in [1.165, 1.54) is 29.6 Å². The van der Waals surface area contributed by atoms with Crippen LogP contribution in [0, 0.1) is 0 Å². The van der Waals surface area contributed by atoms with Crippen molar-refractivity contribution in [2.75, 3.05) is 51.2 Å². The summed E-state index contributed by atoms with van der Waals surface area (Å²) in [5.41, 5.74) is 9.61. The predicted molar refractivity (Wildman–Crippen MR) is 145 cm³/mol. The number of ether oxygens (including phenoxy) is 2. The summed E-state index contributed by atoms with van der Waals surface area (Å²) in [6.45, 7) is 2.57. The SMILES string of the molecule is CC(=O)O.CO.CP1(=O)CO[C@@H](Cn2ccc(N)nc2=O)CO1.Nc1ccn(C[C@@H](CO)OCP(=O)(O)O)c(=O)n1. The fourth-order valence-corrected chi connectivity index (χ4v) is 4.08. The number of nitrogen functional groups attached to an aromatic ring is 2. The molecule has 3 heterocycles. The van der Waals surface area contributed by atoms with E-state index in [0.717, 1.165) is 18.6 Å². The van der Waals surface area contributed by atoms with Crippen LogP contribution in [0.1, 0.15) is 6.92 Å². The number of rotatable bonds is 8. The number of nitrogens with two attached hydrogens (primary N) is 2. The molecule has 0 radical (unpaired) electrons. The monoisotopic (exact) mass is 630 g/mol. The van der Waals surface area contributed by atoms with Gasteiger partial charge in [0, 0.05) is 33.1 Å². The van der Waals surface area contributed by atoms with Crippen LogP contribution in [-0.2, 0) is 41.0 Å². The van der Waals surface area contributed by atoms with Gasteiger partial charge in [-0.25, -0.2) is 9.59 Å². The van der Waals surface area contributed by atoms with Crippen LogP contribution in [0.5, 0.6) is 0 Å². The molecule has 0 amide bonds. The molecule has 0 aliphatic carbocycles. The third kappa shape index (κ3) is 17.4. The van der Waals surface area contributed by atoms with Crippen molar-refractivity contribution >= 4 is 32.6 Å². The van der Waals surface area contributed by atoms with Crippen molar-refractivity contribution in [2.24, 2.45) is 0 Å². The molecule has 1 unspecified atom stereocenters. The van der Waals surface area contributed by atoms with Crippen LogP contribution in [0.15, 0.2) is 34.1 Å². The van der Waals surface area contributed by atoms with Crippen LogP contribution in [0.25, 0.3) is 0 Å². The number of anilines is 2. The van der Waals surface area contributed by atoms with Crippen LogP contribution in [0.3, 0.4) is 0 Å². The molecule has 1 aliphatic rings. The number of hydrogen-bond donors (Lipinski definition) is 7. The Bertz CT molecular complexity index is 1280. The van der Waals surface area contributed by atoms with E-state index >= 15 is 0 Å². The van der Waals surface area contributed by atoms with Crippen molar-refractivity contribution in [1.29, 1.82) is 0 Å². The van der Waals surface area contributed by atoms with Crippen LogP contribution in [0.4, 0.5) is 11.6 Å². The van der Waals surface area contributed by atoms with E-state index in [1.54, 1.807) is 6.20 Å². The molecule has 3 atom stereocenters. The maximum Gasteiger partial charge on any atom is 0.350 e. The van der Waals surface area contributed by atoms with Crippen LogP contribution >= 0.6 is 15.0 Å². The molecule has 21 heteroatoms. The molecule has 41 heavy (non-hydrogen) atoms. The van der Waals surface area contributed by atoms with Crippen molar-refractivity contribution in [2.45, 2.75) is 32.2 Å². The highest BCUT2D eigenvalue weighted by Gasteiger charge is 2.27. The summed E-state index contributed by atoms with van der Waals surface area (Å²) >= 11 is 0. The number of aliphatic hydroxyl groups excluding tert-OH is 2. The van der Waals surface area contributed by atoms with Gasteiger partial charge in [-0.15, -0.1) is 0 Å². The number of nitrogens with zero attached hydrogens (tertiary/aromatic N) is 4. The molecule has 2 aromatic rings. The van der Waals surface area contributed by atoms with Gasteiger partial charge in [0.1, 0.15) is 30.4 Å². The lowest BCUT2D eigenvalue weighted by Crippen LogP contribution is -2.34. The Kier molecular flexibility index (Phi) is 17.1. The maximum absolute atomic E-state index is 11.5. The molecule has 0 spiro atoms. The van der Waals surface area contributed by atoms with Gasteiger partial charge in [-0.05, 0) is 12.1 Å². The first kappa shape index (κ1) is 38.0. The Labute approximate surface area is 233 Å². The summed E-state index contributed by atoms with van der Waals surface area (Å²) in [6, 6.07) is 2.93. The third-order valence-corrected chi connectivity index (χ3v) is 6.15. The van der Waals surface area contributed by atoms with E-state index in [9.17, 15) is 18.7 Å². The molecule has 1 aliphatic heterocycles. The van der Waals surface area contributed by atoms with Crippen molar-refractivity contribution in [3.63, 3.8) is 0 Å². The quantitative estimate of drug-likeness (QED) is 0.157. The summed E-state index contributed by atoms with van der Waals surface area (Å²) in [6.07, 6.45) is 0.952. The number of aliphatic hydroxyl groups is 2. The first-order chi connectivity index (χ1) is 19.0. The zero-order valence-corrected chi connectivity index (χ0v) is 24.3. The van der Waals surface area contributed by atoms with Crippen molar-refractivity contribution in [3.05, 3.63) is 45.5 Å². The standard InChI is InChI=1S/C9H14N3O4P.C8H14N3O6P.C2H4O2.CH4O/c1-17(14)6-15-7(5-16-17)4-12-3-2-8(10)11-9(12)13;9-7-1-2-11(8(13)10-7)3-6(4-12)17-5-18(14,15)16;1-2(3)4;1-2/h2-3,7H,4-6H2,1H3,(H2,10,11,13);1-2,6,12H,3-5H2,(H2,9,10,13)(H2,14,15,16);1H3,(H,3,4);2H,1H3/t7-,17?;6-;;/m00../s1. The first-order valence-corrected chi connectivity index (χ1v) is 15.5. The Balaban J connectivity index is 0.000000656. The molecule has 3 rings (SSSR count). The summed E-state index contributed by atoms with van der Waals surface area (Å²) in [7, 11) is -5.91. The maximum atomic E-state index is 11.5. The van der Waals surface area contributed by atoms with E-state index in [2.05, 4.69) is 9.97 Å². The minimum Gasteiger partial charge on any atom is -0.481 e. The van der Waals surface area contributed by atoms with E-state index in [0.29, 0.717) is 6.54 Å². The fourth-order valence-electron chi connectivity index (χ4n) is 2.64. The summed E-state index contributed by atoms with van der Waals surface area (Å²) in [5, 5.41) is 23.4. The second-order valence-corrected chi connectivity index (χ2v) is 12.2. The van der Waals surface area contributed by atoms with Gasteiger partial charge in [0.05, 0.1) is 32.4 Å². The smallest absolute Gasteiger partial charge is 0.350 e. The van der Waals surface area contributed by atoms with Crippen molar-refractivity contribution in [3.8, 4) is 0 Å². The van der Waals surface area contributed by atoms with Crippen LogP contribution in [0.2, 0.25) is 0 Å². The highest BCUT2D eigenvalue weighted by Crippen LogP contribution is 2.45. The van der Waals surface area contributed by atoms with Gasteiger partial charge >= 0.3 is 19.0 Å². The highest BCUT2D eigenvalue weighted by molar-refractivity contribution is 7.58. The summed E-state index contributed by atoms with van der Waals surface area (Å²) < 4.78 is 40.0. The molecule has 9 N–H and O–H groups in total. The Morgan fingerprint density at radius 1 is 1.17 bits per heavy atom. The topological polar surface area (TPSA) is 302 Å². The normalized spacial score (nSPS) is 18.8. The molecule has 19 nitrogen and oxygen atoms in total. The van der Waals surface area contributed by atoms with E-state index < -0.39 is 51.4 Å². The minimum absolute atomic E-state index is 0.0629. The van der Waals surface area contributed by atoms with Gasteiger partial charge in [0.15, 0.2) is 0 Å². The first-order valence-electron chi connectivity index (χ1n) is 11.4. The van der Waals surface area contributed by atoms with Gasteiger partial charge in [-0.2, -0.15) is 9.97 Å². The second kappa shape index (κ2) is 18.4. The molecule has 1 saturated heterocycles. The molecule has 0 aromatic carbocycles. The molecule has 234 valence electrons. The Hall–Kier alpha value is -2.99. The second-order valence-electron chi connectivity index (χ2n) is 8.09. The molecular weight excluding hydrogens is 594 g/mol. The van der Waals surface area contributed by atoms with E-state index in [1.807, 2.05) is 0 Å². The van der Waals surface area contributed by atoms with Crippen molar-refractivity contribution in [1.82, 2.24) is 19.1 Å². The van der Waals surface area contributed by atoms with Crippen LogP contribution in [-0.4, -0.2) is 102 Å². The number of carboxylic acids is 1. The number of aliphatic carboxylic acids is 1. The highest BCUT2D eigenvalue weighted by atomic mass is 31.2. The number of hydrogen-bond acceptors (Lipinski definition) is 14. The molecule has 0 bridgehead atoms. The van der Waals surface area contributed by atoms with Crippen molar-refractivity contribution < 1.29 is 53.0 Å². The van der Waals surface area contributed by atoms with Crippen LogP contribution < -0.4 is 22.8 Å². The van der Waals surface area contributed by atoms with Gasteiger partial charge < -0.3 is 50.6 Å². The minimum atomic E-state index is -4.31. The number of aromatic nitrogens is 4. The van der Waals surface area contributed by atoms with E-state index in [4.69, 9.17) is 55.4 Å². The lowest BCUT2D eigenvalue weighted by atomic mass is 10.3. The average Bonchev–Trinajstić information content (AvgIpc) is 2.86. The summed E-state index contributed by atoms with van der Waals surface area (Å²) in [5.74, 6) is -0.585. The van der Waals surface area contributed by atoms with Gasteiger partial charge in [0.2, 0.25) is 7.37 Å². The Morgan fingerprint density at radius 3 is 2.05 bits per heavy atom. The summed E-state index contributed by atoms with van der Waals surface area (Å²) in [4.78, 5) is 56.2. The zero-order chi connectivity index (χ0) is 31.8. The molecule has 1 fully saturated rings. The predicted octanol–water partition coefficient (Wildman–Crippen LogP) is -1.86. The van der Waals surface area contributed by atoms with E-state index in [-0.39, 0.29) is 37.2 Å². The molecular formula is C20H36N6O13P2. The average molecular weight is 630 g/mol. The lowest BCUT2D eigenvalue weighted by Gasteiger charge is -2.27.